The van der Waals surface area contributed by atoms with Crippen molar-refractivity contribution in [2.75, 3.05) is 6.54 Å². The van der Waals surface area contributed by atoms with Crippen LogP contribution in [0.1, 0.15) is 25.4 Å². The molecule has 0 radical (unpaired) electrons. The van der Waals surface area contributed by atoms with Crippen LogP contribution in [0.5, 0.6) is 0 Å². The molecular weight excluding hydrogens is 226 g/mol. The Hall–Kier alpha value is -1.62. The van der Waals surface area contributed by atoms with Crippen LogP contribution in [0, 0.1) is 5.92 Å². The molecule has 2 aromatic heterocycles. The Labute approximate surface area is 108 Å². The van der Waals surface area contributed by atoms with E-state index < -0.39 is 0 Å². The summed E-state index contributed by atoms with van der Waals surface area (Å²) in [6.07, 6.45) is 7.71. The number of hydrogen-bond donors (Lipinski definition) is 1. The molecule has 18 heavy (non-hydrogen) atoms. The molecule has 98 valence electrons. The molecule has 0 saturated heterocycles. The van der Waals surface area contributed by atoms with Gasteiger partial charge in [0.15, 0.2) is 0 Å². The van der Waals surface area contributed by atoms with E-state index in [-0.39, 0.29) is 0 Å². The van der Waals surface area contributed by atoms with Gasteiger partial charge in [-0.1, -0.05) is 13.8 Å². The Bertz CT molecular complexity index is 483. The van der Waals surface area contributed by atoms with Crippen LogP contribution in [0.2, 0.25) is 0 Å². The summed E-state index contributed by atoms with van der Waals surface area (Å²) >= 11 is 0. The van der Waals surface area contributed by atoms with E-state index >= 15 is 0 Å². The van der Waals surface area contributed by atoms with Crippen molar-refractivity contribution < 1.29 is 0 Å². The molecule has 2 aromatic rings. The van der Waals surface area contributed by atoms with E-state index in [0.29, 0.717) is 5.92 Å². The van der Waals surface area contributed by atoms with Crippen molar-refractivity contribution in [3.8, 4) is 0 Å². The number of nitrogens with one attached hydrogen (secondary N) is 1. The molecule has 0 aliphatic rings. The van der Waals surface area contributed by atoms with Gasteiger partial charge in [0.05, 0.1) is 18.6 Å². The van der Waals surface area contributed by atoms with Gasteiger partial charge < -0.3 is 14.5 Å². The van der Waals surface area contributed by atoms with E-state index in [1.807, 2.05) is 30.3 Å². The zero-order valence-electron chi connectivity index (χ0n) is 11.3. The Kier molecular flexibility index (Phi) is 4.15. The van der Waals surface area contributed by atoms with Gasteiger partial charge >= 0.3 is 0 Å². The first-order chi connectivity index (χ1) is 8.65. The Morgan fingerprint density at radius 2 is 2.17 bits per heavy atom. The first-order valence-electron chi connectivity index (χ1n) is 6.32. The highest BCUT2D eigenvalue weighted by Gasteiger charge is 2.03. The fourth-order valence-corrected chi connectivity index (χ4v) is 1.79. The van der Waals surface area contributed by atoms with Gasteiger partial charge in [-0.05, 0) is 12.5 Å². The molecule has 0 spiro atoms. The van der Waals surface area contributed by atoms with Gasteiger partial charge in [-0.15, -0.1) is 0 Å². The van der Waals surface area contributed by atoms with E-state index in [1.165, 1.54) is 0 Å². The third-order valence-corrected chi connectivity index (χ3v) is 2.79. The molecule has 1 N–H and O–H groups in total. The van der Waals surface area contributed by atoms with Gasteiger partial charge in [-0.2, -0.15) is 0 Å². The van der Waals surface area contributed by atoms with Crippen LogP contribution in [0.15, 0.2) is 24.9 Å². The quantitative estimate of drug-likeness (QED) is 0.839. The molecule has 0 fully saturated rings. The van der Waals surface area contributed by atoms with Crippen LogP contribution in [0.3, 0.4) is 0 Å². The van der Waals surface area contributed by atoms with Crippen molar-refractivity contribution in [3.63, 3.8) is 0 Å². The molecule has 5 heteroatoms. The lowest BCUT2D eigenvalue weighted by atomic mass is 10.2. The van der Waals surface area contributed by atoms with Crippen molar-refractivity contribution in [3.05, 3.63) is 36.4 Å². The van der Waals surface area contributed by atoms with Crippen LogP contribution in [0.25, 0.3) is 0 Å². The van der Waals surface area contributed by atoms with Crippen molar-refractivity contribution in [2.24, 2.45) is 13.0 Å². The standard InChI is InChI=1S/C13H21N5/c1-11(2)6-14-7-12-8-18(10-16-12)9-13-15-4-5-17(13)3/h4-5,8,10-11,14H,6-7,9H2,1-3H3. The van der Waals surface area contributed by atoms with Crippen LogP contribution in [-0.4, -0.2) is 25.6 Å². The maximum absolute atomic E-state index is 4.39. The SMILES string of the molecule is CC(C)CNCc1cn(Cc2nccn2C)cn1. The summed E-state index contributed by atoms with van der Waals surface area (Å²) in [5.41, 5.74) is 1.07. The zero-order chi connectivity index (χ0) is 13.0. The molecule has 0 atom stereocenters. The zero-order valence-corrected chi connectivity index (χ0v) is 11.3. The average molecular weight is 247 g/mol. The highest BCUT2D eigenvalue weighted by Crippen LogP contribution is 2.02. The number of rotatable bonds is 6. The van der Waals surface area contributed by atoms with E-state index in [2.05, 4.69) is 39.9 Å². The van der Waals surface area contributed by atoms with E-state index in [9.17, 15) is 0 Å². The Morgan fingerprint density at radius 1 is 1.33 bits per heavy atom. The summed E-state index contributed by atoms with van der Waals surface area (Å²) in [5, 5.41) is 3.39. The van der Waals surface area contributed by atoms with Crippen molar-refractivity contribution >= 4 is 0 Å². The van der Waals surface area contributed by atoms with Gasteiger partial charge in [0, 0.05) is 32.2 Å². The second-order valence-corrected chi connectivity index (χ2v) is 5.02. The molecule has 0 bridgehead atoms. The largest absolute Gasteiger partial charge is 0.337 e. The van der Waals surface area contributed by atoms with E-state index in [4.69, 9.17) is 0 Å². The monoisotopic (exact) mass is 247 g/mol. The molecule has 0 aliphatic carbocycles. The van der Waals surface area contributed by atoms with Gasteiger partial charge in [-0.25, -0.2) is 9.97 Å². The van der Waals surface area contributed by atoms with Gasteiger partial charge in [0.1, 0.15) is 5.82 Å². The summed E-state index contributed by atoms with van der Waals surface area (Å²) in [5.74, 6) is 1.70. The van der Waals surface area contributed by atoms with Crippen LogP contribution in [-0.2, 0) is 20.1 Å². The summed E-state index contributed by atoms with van der Waals surface area (Å²) in [7, 11) is 2.00. The molecular formula is C13H21N5. The fraction of sp³-hybridized carbons (Fsp3) is 0.538. The maximum Gasteiger partial charge on any atom is 0.128 e. The first-order valence-corrected chi connectivity index (χ1v) is 6.32. The molecule has 5 nitrogen and oxygen atoms in total. The lowest BCUT2D eigenvalue weighted by Crippen LogP contribution is -2.19. The molecule has 0 unspecified atom stereocenters. The number of aromatic nitrogens is 4. The molecule has 2 heterocycles. The highest BCUT2D eigenvalue weighted by molar-refractivity contribution is 5.00. The van der Waals surface area contributed by atoms with Crippen molar-refractivity contribution in [1.29, 1.82) is 0 Å². The number of imidazole rings is 2. The van der Waals surface area contributed by atoms with Gasteiger partial charge in [-0.3, -0.25) is 0 Å². The Balaban J connectivity index is 1.88. The van der Waals surface area contributed by atoms with Gasteiger partial charge in [0.25, 0.3) is 0 Å². The molecule has 0 aromatic carbocycles. The predicted octanol–water partition coefficient (Wildman–Crippen LogP) is 1.41. The molecule has 0 aliphatic heterocycles. The van der Waals surface area contributed by atoms with Crippen molar-refractivity contribution in [1.82, 2.24) is 24.4 Å². The summed E-state index contributed by atoms with van der Waals surface area (Å²) < 4.78 is 4.09. The second-order valence-electron chi connectivity index (χ2n) is 5.02. The van der Waals surface area contributed by atoms with Gasteiger partial charge in [0.2, 0.25) is 0 Å². The number of aryl methyl sites for hydroxylation is 1. The van der Waals surface area contributed by atoms with E-state index in [0.717, 1.165) is 31.2 Å². The minimum absolute atomic E-state index is 0.666. The third-order valence-electron chi connectivity index (χ3n) is 2.79. The summed E-state index contributed by atoms with van der Waals surface area (Å²) in [4.78, 5) is 8.69. The third kappa shape index (κ3) is 3.43. The molecule has 0 saturated carbocycles. The predicted molar refractivity (Wildman–Crippen MR) is 71.1 cm³/mol. The summed E-state index contributed by atoms with van der Waals surface area (Å²) in [6.45, 7) is 7.01. The topological polar surface area (TPSA) is 47.7 Å². The maximum atomic E-state index is 4.39. The lowest BCUT2D eigenvalue weighted by Gasteiger charge is -2.05. The second kappa shape index (κ2) is 5.82. The van der Waals surface area contributed by atoms with Crippen LogP contribution < -0.4 is 5.32 Å². The molecule has 0 amide bonds. The highest BCUT2D eigenvalue weighted by atomic mass is 15.1. The van der Waals surface area contributed by atoms with Crippen LogP contribution >= 0.6 is 0 Å². The first kappa shape index (κ1) is 12.8. The lowest BCUT2D eigenvalue weighted by molar-refractivity contribution is 0.548. The normalized spacial score (nSPS) is 11.3. The van der Waals surface area contributed by atoms with Crippen LogP contribution in [0.4, 0.5) is 0 Å². The van der Waals surface area contributed by atoms with E-state index in [1.54, 1.807) is 0 Å². The number of hydrogen-bond acceptors (Lipinski definition) is 3. The summed E-state index contributed by atoms with van der Waals surface area (Å²) in [6, 6.07) is 0. The average Bonchev–Trinajstić information content (AvgIpc) is 2.90. The number of nitrogens with zero attached hydrogens (tertiary/aromatic N) is 4. The van der Waals surface area contributed by atoms with Crippen molar-refractivity contribution in [2.45, 2.75) is 26.9 Å². The fourth-order valence-electron chi connectivity index (χ4n) is 1.79. The smallest absolute Gasteiger partial charge is 0.128 e. The minimum atomic E-state index is 0.666. The minimum Gasteiger partial charge on any atom is -0.337 e. The molecule has 2 rings (SSSR count). The Morgan fingerprint density at radius 3 is 2.83 bits per heavy atom.